The number of nitrogens with zero attached hydrogens (tertiary/aromatic N) is 4. The van der Waals surface area contributed by atoms with E-state index in [0.717, 1.165) is 94.6 Å². The Bertz CT molecular complexity index is 4960. The predicted octanol–water partition coefficient (Wildman–Crippen LogP) is 27.0. The first-order chi connectivity index (χ1) is 46.3. The summed E-state index contributed by atoms with van der Waals surface area (Å²) in [5, 5.41) is 4.25. The van der Waals surface area contributed by atoms with Crippen molar-refractivity contribution >= 4 is 66.5 Å². The third-order valence-corrected chi connectivity index (χ3v) is 20.5. The van der Waals surface area contributed by atoms with Crippen LogP contribution in [0.3, 0.4) is 0 Å². The van der Waals surface area contributed by atoms with E-state index in [4.69, 9.17) is 14.1 Å². The Morgan fingerprint density at radius 2 is 0.970 bits per heavy atom. The normalized spacial score (nSPS) is 13.5. The molecule has 0 fully saturated rings. The quantitative estimate of drug-likeness (QED) is 0.121. The number of pyridine rings is 1. The van der Waals surface area contributed by atoms with Crippen LogP contribution < -0.4 is 14.5 Å². The molecular formula is C93H103N4O2Pt-3. The number of rotatable bonds is 11. The van der Waals surface area contributed by atoms with Gasteiger partial charge < -0.3 is 23.5 Å². The van der Waals surface area contributed by atoms with E-state index in [9.17, 15) is 0 Å². The molecular weight excluding hydrogens is 1400 g/mol. The Balaban J connectivity index is 0.00000948. The van der Waals surface area contributed by atoms with E-state index in [1.54, 1.807) is 0 Å². The van der Waals surface area contributed by atoms with Gasteiger partial charge in [-0.2, -0.15) is 0 Å². The summed E-state index contributed by atoms with van der Waals surface area (Å²) >= 11 is 0. The van der Waals surface area contributed by atoms with Crippen molar-refractivity contribution in [1.82, 2.24) is 9.55 Å². The first-order valence-electron chi connectivity index (χ1n) is 36.1. The van der Waals surface area contributed by atoms with E-state index in [1.807, 2.05) is 12.3 Å². The number of furan rings is 1. The molecule has 0 saturated heterocycles. The van der Waals surface area contributed by atoms with Crippen LogP contribution in [0.2, 0.25) is 0 Å². The number of fused-ring (bicyclic) bond motifs is 8. The first-order valence-corrected chi connectivity index (χ1v) is 36.1. The van der Waals surface area contributed by atoms with Gasteiger partial charge in [0.25, 0.3) is 0 Å². The third kappa shape index (κ3) is 13.3. The fourth-order valence-electron chi connectivity index (χ4n) is 14.5. The fourth-order valence-corrected chi connectivity index (χ4v) is 14.5. The zero-order valence-electron chi connectivity index (χ0n) is 63.8. The van der Waals surface area contributed by atoms with E-state index < -0.39 is 0 Å². The van der Waals surface area contributed by atoms with Gasteiger partial charge in [0.05, 0.1) is 0 Å². The van der Waals surface area contributed by atoms with Gasteiger partial charge >= 0.3 is 0 Å². The number of hydrogen-bond donors (Lipinski definition) is 0. The third-order valence-electron chi connectivity index (χ3n) is 20.5. The number of benzene rings is 9. The van der Waals surface area contributed by atoms with Crippen LogP contribution in [-0.4, -0.2) is 9.55 Å². The van der Waals surface area contributed by atoms with Gasteiger partial charge in [-0.25, -0.2) is 4.98 Å². The average Bonchev–Trinajstić information content (AvgIpc) is 1.55. The number of para-hydroxylation sites is 4. The second kappa shape index (κ2) is 25.7. The molecule has 0 N–H and O–H groups in total. The van der Waals surface area contributed by atoms with Crippen molar-refractivity contribution in [2.45, 2.75) is 216 Å². The first kappa shape index (κ1) is 71.6. The van der Waals surface area contributed by atoms with Gasteiger partial charge in [0.15, 0.2) is 0 Å². The summed E-state index contributed by atoms with van der Waals surface area (Å²) in [6.07, 6.45) is 1.94. The summed E-state index contributed by atoms with van der Waals surface area (Å²) in [6, 6.07) is 67.5. The van der Waals surface area contributed by atoms with Crippen LogP contribution in [0.15, 0.2) is 168 Å². The topological polar surface area (TPSA) is 46.7 Å². The maximum atomic E-state index is 7.63. The second-order valence-electron chi connectivity index (χ2n) is 35.3. The van der Waals surface area contributed by atoms with Crippen molar-refractivity contribution in [3.63, 3.8) is 0 Å². The molecule has 13 rings (SSSR count). The number of anilines is 4. The van der Waals surface area contributed by atoms with Crippen molar-refractivity contribution in [2.75, 3.05) is 9.80 Å². The maximum Gasteiger partial charge on any atom is 0.135 e. The van der Waals surface area contributed by atoms with Crippen molar-refractivity contribution in [2.24, 2.45) is 0 Å². The average molecular weight is 1500 g/mol. The fraction of sp³-hybridized carbons (Fsp3) is 0.355. The smallest absolute Gasteiger partial charge is 0.135 e. The Morgan fingerprint density at radius 3 is 1.49 bits per heavy atom. The summed E-state index contributed by atoms with van der Waals surface area (Å²) in [6.45, 7) is 58.0. The minimum Gasteiger partial charge on any atom is -0.509 e. The van der Waals surface area contributed by atoms with Gasteiger partial charge in [0.1, 0.15) is 17.0 Å². The van der Waals surface area contributed by atoms with Crippen LogP contribution >= 0.6 is 0 Å². The molecule has 0 radical (unpaired) electrons. The van der Waals surface area contributed by atoms with E-state index in [-0.39, 0.29) is 65.4 Å². The predicted molar refractivity (Wildman–Crippen MR) is 422 cm³/mol. The molecule has 0 saturated carbocycles. The number of hydrogen-bond acceptors (Lipinski definition) is 5. The summed E-state index contributed by atoms with van der Waals surface area (Å²) in [5.74, 6) is 2.76. The summed E-state index contributed by atoms with van der Waals surface area (Å²) in [4.78, 5) is 10.0. The van der Waals surface area contributed by atoms with Crippen LogP contribution in [0, 0.1) is 18.8 Å². The molecule has 7 heteroatoms. The molecule has 0 spiro atoms. The molecule has 0 unspecified atom stereocenters. The van der Waals surface area contributed by atoms with Gasteiger partial charge in [-0.3, -0.25) is 0 Å². The van der Waals surface area contributed by atoms with Crippen molar-refractivity contribution in [1.29, 1.82) is 0 Å². The van der Waals surface area contributed by atoms with Gasteiger partial charge in [0, 0.05) is 83.2 Å². The van der Waals surface area contributed by atoms with Crippen LogP contribution in [0.5, 0.6) is 11.5 Å². The maximum absolute atomic E-state index is 7.63. The van der Waals surface area contributed by atoms with Gasteiger partial charge in [-0.15, -0.1) is 53.8 Å². The molecule has 0 amide bonds. The van der Waals surface area contributed by atoms with Crippen molar-refractivity contribution in [3.05, 3.63) is 233 Å². The van der Waals surface area contributed by atoms with E-state index in [0.29, 0.717) is 17.4 Å². The van der Waals surface area contributed by atoms with Crippen molar-refractivity contribution in [3.8, 4) is 50.7 Å². The molecule has 6 nitrogen and oxygen atoms in total. The van der Waals surface area contributed by atoms with Crippen LogP contribution in [-0.2, 0) is 53.6 Å². The molecule has 1 aliphatic heterocycles. The SMILES string of the molecule is CC(C)c1cc(C(C)C)c(-c2cc(Oc3[c-]c4c(c(C(C)(C)C)c3)c3c5oc6ccccc6c5ccc3n4-c3cc(C(C)(C)C)ccn3)[c-]c(N3[CH-]N(c4c(-c5cc(C(C)(C)C)cc(C(C)(C)C)c5)cccc4-c4cc(C(C)(C)C)cc(C(C)(C)C)c4)c4ccccc43)c2)c(C(C)C)c1.[Pt]. The minimum atomic E-state index is -0.371. The van der Waals surface area contributed by atoms with E-state index in [2.05, 4.69) is 351 Å². The van der Waals surface area contributed by atoms with Gasteiger partial charge in [0.2, 0.25) is 0 Å². The van der Waals surface area contributed by atoms with Crippen LogP contribution in [0.1, 0.15) is 234 Å². The molecule has 3 aromatic heterocycles. The number of aromatic nitrogens is 2. The molecule has 100 heavy (non-hydrogen) atoms. The van der Waals surface area contributed by atoms with E-state index in [1.165, 1.54) is 61.2 Å². The number of ether oxygens (including phenoxy) is 1. The Labute approximate surface area is 611 Å². The molecule has 0 bridgehead atoms. The van der Waals surface area contributed by atoms with E-state index >= 15 is 0 Å². The van der Waals surface area contributed by atoms with Crippen molar-refractivity contribution < 1.29 is 30.2 Å². The Morgan fingerprint density at radius 1 is 0.450 bits per heavy atom. The molecule has 4 heterocycles. The summed E-state index contributed by atoms with van der Waals surface area (Å²) in [5.41, 5.74) is 25.2. The molecule has 0 aliphatic carbocycles. The standard InChI is InChI=1S/C93H103N4O2.Pt/c1-55(2)58-46-74(56(3)4)83(75(47-58)57(5)6)61-44-67(51-68(45-61)98-69-52-76(93(22,23)24)84-80(53-69)97(82-50-62(38-39-94-82)88(7,8)9)79-37-36-73-72-30-25-28-35-81(72)99-87(73)85(79)84)95-54-96(78-34-27-26-33-77(78)95)86-70(59-40-63(89(10,11)12)48-64(41-59)90(13,14)15)31-29-32-71(86)60-42-65(91(16,17)18)49-66(43-60)92(19,20)21;/h25-50,52,54-57H,1-24H3;/q-3;. The minimum absolute atomic E-state index is 0. The van der Waals surface area contributed by atoms with Gasteiger partial charge in [-0.05, 0) is 159 Å². The molecule has 9 aromatic carbocycles. The van der Waals surface area contributed by atoms with Gasteiger partial charge in [-0.1, -0.05) is 274 Å². The summed E-state index contributed by atoms with van der Waals surface area (Å²) in [7, 11) is 0. The largest absolute Gasteiger partial charge is 0.509 e. The zero-order chi connectivity index (χ0) is 71.1. The molecule has 520 valence electrons. The Kier molecular flexibility index (Phi) is 18.4. The summed E-state index contributed by atoms with van der Waals surface area (Å²) < 4.78 is 16.9. The molecule has 12 aromatic rings. The van der Waals surface area contributed by atoms with Crippen LogP contribution in [0.25, 0.3) is 82.9 Å². The monoisotopic (exact) mass is 1500 g/mol. The Hall–Kier alpha value is -8.18. The molecule has 1 aliphatic rings. The zero-order valence-corrected chi connectivity index (χ0v) is 66.1. The second-order valence-corrected chi connectivity index (χ2v) is 35.3. The molecule has 0 atom stereocenters. The van der Waals surface area contributed by atoms with Crippen LogP contribution in [0.4, 0.5) is 22.7 Å².